The van der Waals surface area contributed by atoms with Crippen molar-refractivity contribution in [2.24, 2.45) is 0 Å². The highest BCUT2D eigenvalue weighted by Gasteiger charge is 2.21. The van der Waals surface area contributed by atoms with E-state index in [-0.39, 0.29) is 12.4 Å². The second-order valence-electron chi connectivity index (χ2n) is 7.93. The van der Waals surface area contributed by atoms with E-state index in [4.69, 9.17) is 10.5 Å². The maximum Gasteiger partial charge on any atom is 0.330 e. The van der Waals surface area contributed by atoms with Gasteiger partial charge in [-0.15, -0.1) is 0 Å². The molecule has 0 amide bonds. The van der Waals surface area contributed by atoms with Crippen molar-refractivity contribution in [3.63, 3.8) is 0 Å². The van der Waals surface area contributed by atoms with Crippen LogP contribution < -0.4 is 21.9 Å². The molecule has 1 fully saturated rings. The summed E-state index contributed by atoms with van der Waals surface area (Å²) in [6.45, 7) is 5.32. The number of aromatic amines is 1. The fourth-order valence-corrected chi connectivity index (χ4v) is 3.97. The Labute approximate surface area is 186 Å². The number of ether oxygens (including phenoxy) is 1. The zero-order valence-electron chi connectivity index (χ0n) is 18.1. The third-order valence-corrected chi connectivity index (χ3v) is 5.72. The molecule has 1 saturated heterocycles. The number of nitrogens with zero attached hydrogens (tertiary/aromatic N) is 3. The summed E-state index contributed by atoms with van der Waals surface area (Å²) in [6, 6.07) is 19.5. The molecule has 4 rings (SSSR count). The lowest BCUT2D eigenvalue weighted by atomic mass is 10.2. The number of benzene rings is 2. The number of aromatic nitrogens is 2. The van der Waals surface area contributed by atoms with E-state index >= 15 is 0 Å². The highest BCUT2D eigenvalue weighted by atomic mass is 16.5. The largest absolute Gasteiger partial charge is 0.383 e. The fraction of sp³-hybridized carbons (Fsp3) is 0.333. The zero-order chi connectivity index (χ0) is 22.3. The number of hydrogen-bond acceptors (Lipinski definition) is 6. The second-order valence-corrected chi connectivity index (χ2v) is 7.93. The predicted octanol–water partition coefficient (Wildman–Crippen LogP) is 1.51. The molecule has 0 unspecified atom stereocenters. The van der Waals surface area contributed by atoms with E-state index in [1.807, 2.05) is 65.6 Å². The number of H-pyrrole nitrogens is 1. The summed E-state index contributed by atoms with van der Waals surface area (Å²) in [6.07, 6.45) is 0. The van der Waals surface area contributed by atoms with Crippen LogP contribution >= 0.6 is 0 Å². The van der Waals surface area contributed by atoms with Gasteiger partial charge in [-0.25, -0.2) is 4.79 Å². The normalized spacial score (nSPS) is 14.4. The minimum atomic E-state index is -0.507. The first-order valence-electron chi connectivity index (χ1n) is 10.9. The molecule has 0 spiro atoms. The lowest BCUT2D eigenvalue weighted by molar-refractivity contribution is 0.0391. The van der Waals surface area contributed by atoms with E-state index in [1.165, 1.54) is 4.57 Å². The van der Waals surface area contributed by atoms with E-state index in [9.17, 15) is 9.59 Å². The number of nitrogens with two attached hydrogens (primary N) is 1. The Kier molecular flexibility index (Phi) is 7.03. The number of rotatable bonds is 8. The van der Waals surface area contributed by atoms with Crippen molar-refractivity contribution in [2.75, 3.05) is 50.0 Å². The molecule has 3 N–H and O–H groups in total. The molecule has 0 radical (unpaired) electrons. The smallest absolute Gasteiger partial charge is 0.330 e. The van der Waals surface area contributed by atoms with Gasteiger partial charge in [-0.1, -0.05) is 60.7 Å². The Bertz CT molecular complexity index is 1120. The predicted molar refractivity (Wildman–Crippen MR) is 126 cm³/mol. The zero-order valence-corrected chi connectivity index (χ0v) is 18.1. The van der Waals surface area contributed by atoms with E-state index in [2.05, 4.69) is 9.88 Å². The van der Waals surface area contributed by atoms with Crippen molar-refractivity contribution >= 4 is 11.5 Å². The molecular formula is C24H29N5O3. The Hall–Kier alpha value is -3.36. The van der Waals surface area contributed by atoms with Gasteiger partial charge in [0.1, 0.15) is 11.5 Å². The molecule has 8 heteroatoms. The van der Waals surface area contributed by atoms with Gasteiger partial charge in [-0.05, 0) is 11.1 Å². The first-order valence-corrected chi connectivity index (χ1v) is 10.9. The highest BCUT2D eigenvalue weighted by molar-refractivity contribution is 5.62. The van der Waals surface area contributed by atoms with Gasteiger partial charge in [-0.3, -0.25) is 19.2 Å². The Morgan fingerprint density at radius 3 is 2.22 bits per heavy atom. The molecule has 32 heavy (non-hydrogen) atoms. The Balaban J connectivity index is 1.67. The van der Waals surface area contributed by atoms with Crippen LogP contribution in [0.15, 0.2) is 70.3 Å². The Morgan fingerprint density at radius 1 is 0.938 bits per heavy atom. The van der Waals surface area contributed by atoms with Gasteiger partial charge in [0.25, 0.3) is 5.56 Å². The molecule has 168 valence electrons. The Morgan fingerprint density at radius 2 is 1.56 bits per heavy atom. The molecule has 1 aliphatic rings. The molecule has 2 heterocycles. The molecule has 1 aliphatic heterocycles. The molecule has 8 nitrogen and oxygen atoms in total. The topological polar surface area (TPSA) is 96.6 Å². The van der Waals surface area contributed by atoms with Crippen LogP contribution in [0, 0.1) is 0 Å². The van der Waals surface area contributed by atoms with Crippen LogP contribution in [0.5, 0.6) is 0 Å². The van der Waals surface area contributed by atoms with Crippen molar-refractivity contribution in [3.8, 4) is 0 Å². The molecule has 0 aliphatic carbocycles. The SMILES string of the molecule is Nc1c(N(CCN2CCOCC2)Cc2ccccc2)c(=O)[nH]c(=O)n1Cc1ccccc1. The monoisotopic (exact) mass is 435 g/mol. The van der Waals surface area contributed by atoms with Crippen LogP contribution in [-0.4, -0.2) is 53.8 Å². The minimum Gasteiger partial charge on any atom is -0.383 e. The third-order valence-electron chi connectivity index (χ3n) is 5.72. The lowest BCUT2D eigenvalue weighted by Gasteiger charge is -2.31. The third kappa shape index (κ3) is 5.27. The molecule has 1 aromatic heterocycles. The van der Waals surface area contributed by atoms with Crippen molar-refractivity contribution in [3.05, 3.63) is 92.6 Å². The van der Waals surface area contributed by atoms with E-state index < -0.39 is 11.2 Å². The van der Waals surface area contributed by atoms with Crippen LogP contribution in [0.2, 0.25) is 0 Å². The number of nitrogens with one attached hydrogen (secondary N) is 1. The van der Waals surface area contributed by atoms with Gasteiger partial charge in [0, 0.05) is 32.7 Å². The van der Waals surface area contributed by atoms with E-state index in [0.717, 1.165) is 30.8 Å². The van der Waals surface area contributed by atoms with Gasteiger partial charge in [0.15, 0.2) is 0 Å². The van der Waals surface area contributed by atoms with Gasteiger partial charge in [-0.2, -0.15) is 0 Å². The first-order chi connectivity index (χ1) is 15.6. The quantitative estimate of drug-likeness (QED) is 0.557. The van der Waals surface area contributed by atoms with Crippen LogP contribution in [0.4, 0.5) is 11.5 Å². The molecule has 3 aromatic rings. The summed E-state index contributed by atoms with van der Waals surface area (Å²) in [4.78, 5) is 32.3. The van der Waals surface area contributed by atoms with Crippen molar-refractivity contribution in [1.82, 2.24) is 14.5 Å². The summed E-state index contributed by atoms with van der Waals surface area (Å²) in [5, 5.41) is 0. The summed E-state index contributed by atoms with van der Waals surface area (Å²) < 4.78 is 6.87. The summed E-state index contributed by atoms with van der Waals surface area (Å²) >= 11 is 0. The minimum absolute atomic E-state index is 0.181. The molecule has 0 saturated carbocycles. The highest BCUT2D eigenvalue weighted by Crippen LogP contribution is 2.20. The number of nitrogen functional groups attached to an aromatic ring is 1. The van der Waals surface area contributed by atoms with Gasteiger partial charge < -0.3 is 15.4 Å². The van der Waals surface area contributed by atoms with Gasteiger partial charge >= 0.3 is 5.69 Å². The lowest BCUT2D eigenvalue weighted by Crippen LogP contribution is -2.44. The second kappa shape index (κ2) is 10.3. The molecule has 0 bridgehead atoms. The first kappa shape index (κ1) is 21.9. The van der Waals surface area contributed by atoms with Crippen LogP contribution in [0.1, 0.15) is 11.1 Å². The van der Waals surface area contributed by atoms with Crippen molar-refractivity contribution in [2.45, 2.75) is 13.1 Å². The van der Waals surface area contributed by atoms with Crippen LogP contribution in [0.3, 0.4) is 0 Å². The summed E-state index contributed by atoms with van der Waals surface area (Å²) in [5.74, 6) is 0.181. The van der Waals surface area contributed by atoms with E-state index in [1.54, 1.807) is 0 Å². The average Bonchev–Trinajstić information content (AvgIpc) is 2.82. The fourth-order valence-electron chi connectivity index (χ4n) is 3.97. The number of hydrogen-bond donors (Lipinski definition) is 2. The summed E-state index contributed by atoms with van der Waals surface area (Å²) in [5.41, 5.74) is 7.82. The standard InChI is InChI=1S/C24H29N5O3/c25-22-21(23(30)26-24(31)29(22)18-20-9-5-2-6-10-20)28(17-19-7-3-1-4-8-19)12-11-27-13-15-32-16-14-27/h1-10H,11-18,25H2,(H,26,30,31). The maximum absolute atomic E-state index is 12.9. The van der Waals surface area contributed by atoms with Crippen LogP contribution in [0.25, 0.3) is 0 Å². The van der Waals surface area contributed by atoms with Crippen molar-refractivity contribution in [1.29, 1.82) is 0 Å². The maximum atomic E-state index is 12.9. The molecular weight excluding hydrogens is 406 g/mol. The average molecular weight is 436 g/mol. The number of anilines is 2. The van der Waals surface area contributed by atoms with Crippen LogP contribution in [-0.2, 0) is 17.8 Å². The van der Waals surface area contributed by atoms with Gasteiger partial charge in [0.05, 0.1) is 19.8 Å². The summed E-state index contributed by atoms with van der Waals surface area (Å²) in [7, 11) is 0. The molecule has 0 atom stereocenters. The number of morpholine rings is 1. The van der Waals surface area contributed by atoms with Gasteiger partial charge in [0.2, 0.25) is 0 Å². The van der Waals surface area contributed by atoms with Crippen molar-refractivity contribution < 1.29 is 4.74 Å². The van der Waals surface area contributed by atoms with E-state index in [0.29, 0.717) is 32.0 Å². The molecule has 2 aromatic carbocycles.